The van der Waals surface area contributed by atoms with Crippen molar-refractivity contribution in [3.8, 4) is 0 Å². The minimum absolute atomic E-state index is 0.545. The van der Waals surface area contributed by atoms with Gasteiger partial charge in [-0.05, 0) is 25.7 Å². The molecule has 0 aliphatic heterocycles. The molecule has 0 spiro atoms. The van der Waals surface area contributed by atoms with Gasteiger partial charge in [0, 0.05) is 6.54 Å². The molecule has 3 nitrogen and oxygen atoms in total. The van der Waals surface area contributed by atoms with E-state index < -0.39 is 0 Å². The van der Waals surface area contributed by atoms with Crippen LogP contribution in [0.2, 0.25) is 0 Å². The van der Waals surface area contributed by atoms with Gasteiger partial charge in [0.15, 0.2) is 0 Å². The zero-order chi connectivity index (χ0) is 7.23. The summed E-state index contributed by atoms with van der Waals surface area (Å²) in [6.07, 6.45) is 4.77. The first-order valence-electron chi connectivity index (χ1n) is 3.81. The fourth-order valence-electron chi connectivity index (χ4n) is 1.06. The fourth-order valence-corrected chi connectivity index (χ4v) is 1.06. The summed E-state index contributed by atoms with van der Waals surface area (Å²) in [5, 5.41) is 3.95. The molecule has 1 aliphatic rings. The number of oxime groups is 1. The van der Waals surface area contributed by atoms with Crippen molar-refractivity contribution in [1.82, 2.24) is 0 Å². The summed E-state index contributed by atoms with van der Waals surface area (Å²) in [5.41, 5.74) is 6.42. The maximum Gasteiger partial charge on any atom is 0.129 e. The zero-order valence-electron chi connectivity index (χ0n) is 6.18. The van der Waals surface area contributed by atoms with Crippen LogP contribution in [0.15, 0.2) is 5.16 Å². The topological polar surface area (TPSA) is 47.6 Å². The first-order valence-corrected chi connectivity index (χ1v) is 3.81. The first-order chi connectivity index (χ1) is 4.93. The Labute approximate surface area is 61.2 Å². The smallest absolute Gasteiger partial charge is 0.129 e. The summed E-state index contributed by atoms with van der Waals surface area (Å²) in [6, 6.07) is 0. The molecule has 2 N–H and O–H groups in total. The van der Waals surface area contributed by atoms with Crippen molar-refractivity contribution in [2.75, 3.05) is 13.2 Å². The maximum absolute atomic E-state index is 5.22. The van der Waals surface area contributed by atoms with E-state index in [1.54, 1.807) is 0 Å². The van der Waals surface area contributed by atoms with Gasteiger partial charge in [-0.15, -0.1) is 0 Å². The Kier molecular flexibility index (Phi) is 3.22. The number of rotatable bonds is 3. The molecule has 0 saturated heterocycles. The van der Waals surface area contributed by atoms with Crippen molar-refractivity contribution < 1.29 is 4.84 Å². The molecule has 0 amide bonds. The van der Waals surface area contributed by atoms with Gasteiger partial charge < -0.3 is 10.6 Å². The zero-order valence-corrected chi connectivity index (χ0v) is 6.18. The third-order valence-electron chi connectivity index (χ3n) is 1.58. The molecule has 1 fully saturated rings. The van der Waals surface area contributed by atoms with Crippen LogP contribution in [0.25, 0.3) is 0 Å². The Morgan fingerprint density at radius 1 is 1.40 bits per heavy atom. The van der Waals surface area contributed by atoms with E-state index in [1.807, 2.05) is 0 Å². The number of hydrogen-bond acceptors (Lipinski definition) is 3. The Morgan fingerprint density at radius 2 is 2.10 bits per heavy atom. The summed E-state index contributed by atoms with van der Waals surface area (Å²) < 4.78 is 0. The van der Waals surface area contributed by atoms with Crippen molar-refractivity contribution >= 4 is 5.71 Å². The molecule has 1 rings (SSSR count). The van der Waals surface area contributed by atoms with E-state index in [4.69, 9.17) is 10.6 Å². The number of nitrogens with two attached hydrogens (primary N) is 1. The summed E-state index contributed by atoms with van der Waals surface area (Å²) in [5.74, 6) is 0. The molecule has 10 heavy (non-hydrogen) atoms. The van der Waals surface area contributed by atoms with Crippen LogP contribution in [0, 0.1) is 0 Å². The van der Waals surface area contributed by atoms with Crippen LogP contribution in [0.4, 0.5) is 0 Å². The normalized spacial score (nSPS) is 17.5. The van der Waals surface area contributed by atoms with E-state index in [1.165, 1.54) is 18.6 Å². The monoisotopic (exact) mass is 142 g/mol. The lowest BCUT2D eigenvalue weighted by Crippen LogP contribution is -2.06. The van der Waals surface area contributed by atoms with Gasteiger partial charge in [0.05, 0.1) is 5.71 Å². The van der Waals surface area contributed by atoms with Gasteiger partial charge in [0.2, 0.25) is 0 Å². The van der Waals surface area contributed by atoms with Crippen molar-refractivity contribution in [3.05, 3.63) is 0 Å². The summed E-state index contributed by atoms with van der Waals surface area (Å²) in [7, 11) is 0. The number of hydrogen-bond donors (Lipinski definition) is 1. The van der Waals surface area contributed by atoms with Gasteiger partial charge >= 0.3 is 0 Å². The maximum atomic E-state index is 5.22. The molecule has 1 saturated carbocycles. The van der Waals surface area contributed by atoms with Crippen LogP contribution in [-0.4, -0.2) is 18.9 Å². The lowest BCUT2D eigenvalue weighted by atomic mass is 10.3. The largest absolute Gasteiger partial charge is 0.395 e. The van der Waals surface area contributed by atoms with E-state index in [9.17, 15) is 0 Å². The van der Waals surface area contributed by atoms with E-state index in [2.05, 4.69) is 5.16 Å². The quantitative estimate of drug-likeness (QED) is 0.470. The van der Waals surface area contributed by atoms with Gasteiger partial charge in [-0.1, -0.05) is 5.16 Å². The van der Waals surface area contributed by atoms with Crippen LogP contribution in [0.3, 0.4) is 0 Å². The average Bonchev–Trinajstić information content (AvgIpc) is 2.41. The lowest BCUT2D eigenvalue weighted by Gasteiger charge is -1.96. The van der Waals surface area contributed by atoms with E-state index in [0.29, 0.717) is 13.2 Å². The standard InChI is InChI=1S/C7H14N2O/c8-5-6-10-9-7-3-1-2-4-7/h1-6,8H2. The highest BCUT2D eigenvalue weighted by Gasteiger charge is 2.07. The molecular weight excluding hydrogens is 128 g/mol. The Balaban J connectivity index is 2.12. The fraction of sp³-hybridized carbons (Fsp3) is 0.857. The minimum Gasteiger partial charge on any atom is -0.395 e. The Morgan fingerprint density at radius 3 is 2.70 bits per heavy atom. The first kappa shape index (κ1) is 7.54. The molecule has 0 unspecified atom stereocenters. The van der Waals surface area contributed by atoms with E-state index >= 15 is 0 Å². The predicted molar refractivity (Wildman–Crippen MR) is 40.9 cm³/mol. The van der Waals surface area contributed by atoms with Gasteiger partial charge in [-0.3, -0.25) is 0 Å². The summed E-state index contributed by atoms with van der Waals surface area (Å²) >= 11 is 0. The molecule has 58 valence electrons. The van der Waals surface area contributed by atoms with Gasteiger partial charge in [0.25, 0.3) is 0 Å². The average molecular weight is 142 g/mol. The van der Waals surface area contributed by atoms with Gasteiger partial charge in [-0.25, -0.2) is 0 Å². The third kappa shape index (κ3) is 2.35. The summed E-state index contributed by atoms with van der Waals surface area (Å²) in [6.45, 7) is 1.10. The van der Waals surface area contributed by atoms with E-state index in [0.717, 1.165) is 12.8 Å². The van der Waals surface area contributed by atoms with Crippen molar-refractivity contribution in [2.45, 2.75) is 25.7 Å². The molecule has 0 aromatic rings. The second-order valence-electron chi connectivity index (χ2n) is 2.49. The molecule has 1 aliphatic carbocycles. The van der Waals surface area contributed by atoms with Crippen molar-refractivity contribution in [1.29, 1.82) is 0 Å². The second-order valence-corrected chi connectivity index (χ2v) is 2.49. The third-order valence-corrected chi connectivity index (χ3v) is 1.58. The highest BCUT2D eigenvalue weighted by molar-refractivity contribution is 5.85. The SMILES string of the molecule is NCCON=C1CCCC1. The molecule has 0 atom stereocenters. The Hall–Kier alpha value is -0.570. The highest BCUT2D eigenvalue weighted by atomic mass is 16.6. The van der Waals surface area contributed by atoms with Gasteiger partial charge in [-0.2, -0.15) is 0 Å². The Bertz CT molecular complexity index is 115. The second kappa shape index (κ2) is 4.28. The summed E-state index contributed by atoms with van der Waals surface area (Å²) in [4.78, 5) is 4.93. The van der Waals surface area contributed by atoms with Crippen LogP contribution < -0.4 is 5.73 Å². The van der Waals surface area contributed by atoms with E-state index in [-0.39, 0.29) is 0 Å². The molecule has 0 aromatic heterocycles. The lowest BCUT2D eigenvalue weighted by molar-refractivity contribution is 0.151. The van der Waals surface area contributed by atoms with Crippen LogP contribution in [-0.2, 0) is 4.84 Å². The van der Waals surface area contributed by atoms with Crippen molar-refractivity contribution in [3.63, 3.8) is 0 Å². The minimum atomic E-state index is 0.545. The molecule has 3 heteroatoms. The molecule has 0 aromatic carbocycles. The predicted octanol–water partition coefficient (Wildman–Crippen LogP) is 0.892. The van der Waals surface area contributed by atoms with Crippen molar-refractivity contribution in [2.24, 2.45) is 10.9 Å². The number of nitrogens with zero attached hydrogens (tertiary/aromatic N) is 1. The highest BCUT2D eigenvalue weighted by Crippen LogP contribution is 2.14. The van der Waals surface area contributed by atoms with Crippen LogP contribution in [0.1, 0.15) is 25.7 Å². The molecule has 0 heterocycles. The molecule has 0 bridgehead atoms. The van der Waals surface area contributed by atoms with Crippen LogP contribution >= 0.6 is 0 Å². The molecular formula is C7H14N2O. The van der Waals surface area contributed by atoms with Crippen LogP contribution in [0.5, 0.6) is 0 Å². The van der Waals surface area contributed by atoms with Gasteiger partial charge in [0.1, 0.15) is 6.61 Å². The molecule has 0 radical (unpaired) electrons.